The van der Waals surface area contributed by atoms with E-state index in [0.717, 1.165) is 25.1 Å². The maximum absolute atomic E-state index is 14.2. The number of halogens is 1. The summed E-state index contributed by atoms with van der Waals surface area (Å²) in [6.45, 7) is 1.79. The van der Waals surface area contributed by atoms with Crippen LogP contribution in [0.3, 0.4) is 0 Å². The molecule has 0 amide bonds. The molecule has 1 aromatic heterocycles. The highest BCUT2D eigenvalue weighted by molar-refractivity contribution is 5.69. The van der Waals surface area contributed by atoms with Gasteiger partial charge in [-0.25, -0.2) is 9.37 Å². The molecule has 3 rings (SSSR count). The van der Waals surface area contributed by atoms with Crippen LogP contribution in [-0.4, -0.2) is 27.9 Å². The third-order valence-electron chi connectivity index (χ3n) is 3.24. The van der Waals surface area contributed by atoms with Gasteiger partial charge in [0.2, 0.25) is 0 Å². The van der Waals surface area contributed by atoms with E-state index in [4.69, 9.17) is 0 Å². The van der Waals surface area contributed by atoms with E-state index in [1.54, 1.807) is 30.2 Å². The van der Waals surface area contributed by atoms with Crippen LogP contribution < -0.4 is 5.32 Å². The Morgan fingerprint density at radius 3 is 2.89 bits per heavy atom. The van der Waals surface area contributed by atoms with Crippen LogP contribution in [0.15, 0.2) is 30.6 Å². The summed E-state index contributed by atoms with van der Waals surface area (Å²) in [6, 6.07) is 5.26. The largest absolute Gasteiger partial charge is 0.313 e. The molecule has 98 valence electrons. The van der Waals surface area contributed by atoms with Crippen molar-refractivity contribution in [3.63, 3.8) is 0 Å². The summed E-state index contributed by atoms with van der Waals surface area (Å²) in [4.78, 5) is 4.08. The number of nitrogens with zero attached hydrogens (tertiary/aromatic N) is 3. The Balaban J connectivity index is 1.96. The van der Waals surface area contributed by atoms with Gasteiger partial charge in [-0.15, -0.1) is 0 Å². The van der Waals surface area contributed by atoms with Crippen LogP contribution in [0.2, 0.25) is 0 Å². The predicted molar refractivity (Wildman–Crippen MR) is 71.9 cm³/mol. The van der Waals surface area contributed by atoms with E-state index < -0.39 is 0 Å². The molecule has 2 heterocycles. The Morgan fingerprint density at radius 2 is 2.26 bits per heavy atom. The molecule has 4 nitrogen and oxygen atoms in total. The molecular weight excluding hydrogens is 243 g/mol. The van der Waals surface area contributed by atoms with Crippen molar-refractivity contribution in [3.05, 3.63) is 42.0 Å². The third-order valence-corrected chi connectivity index (χ3v) is 3.24. The fourth-order valence-electron chi connectivity index (χ4n) is 2.24. The summed E-state index contributed by atoms with van der Waals surface area (Å²) in [5.41, 5.74) is 2.58. The Bertz CT molecular complexity index is 630. The molecule has 0 atom stereocenters. The van der Waals surface area contributed by atoms with Gasteiger partial charge in [0.05, 0.1) is 5.56 Å². The van der Waals surface area contributed by atoms with Gasteiger partial charge in [0.1, 0.15) is 12.1 Å². The van der Waals surface area contributed by atoms with Crippen molar-refractivity contribution in [2.24, 2.45) is 7.05 Å². The van der Waals surface area contributed by atoms with E-state index in [1.807, 2.05) is 6.07 Å². The van der Waals surface area contributed by atoms with E-state index in [1.165, 1.54) is 5.57 Å². The molecule has 2 aromatic rings. The van der Waals surface area contributed by atoms with Gasteiger partial charge in [-0.3, -0.25) is 4.68 Å². The zero-order valence-electron chi connectivity index (χ0n) is 10.7. The number of nitrogens with one attached hydrogen (secondary N) is 1. The quantitative estimate of drug-likeness (QED) is 0.896. The number of aryl methyl sites for hydroxylation is 1. The number of hydrogen-bond donors (Lipinski definition) is 1. The van der Waals surface area contributed by atoms with Gasteiger partial charge >= 0.3 is 0 Å². The van der Waals surface area contributed by atoms with Gasteiger partial charge in [-0.1, -0.05) is 12.1 Å². The monoisotopic (exact) mass is 258 g/mol. The van der Waals surface area contributed by atoms with Crippen molar-refractivity contribution < 1.29 is 4.39 Å². The topological polar surface area (TPSA) is 42.7 Å². The molecule has 0 spiro atoms. The van der Waals surface area contributed by atoms with Crippen LogP contribution in [0.1, 0.15) is 12.0 Å². The summed E-state index contributed by atoms with van der Waals surface area (Å²) in [5, 5.41) is 7.37. The average molecular weight is 258 g/mol. The molecule has 0 radical (unpaired) electrons. The Hall–Kier alpha value is -2.01. The maximum Gasteiger partial charge on any atom is 0.184 e. The lowest BCUT2D eigenvalue weighted by Gasteiger charge is -2.14. The first-order chi connectivity index (χ1) is 9.24. The molecule has 0 saturated heterocycles. The van der Waals surface area contributed by atoms with E-state index in [2.05, 4.69) is 21.5 Å². The van der Waals surface area contributed by atoms with Crippen molar-refractivity contribution >= 4 is 5.57 Å². The summed E-state index contributed by atoms with van der Waals surface area (Å²) in [7, 11) is 1.77. The Kier molecular flexibility index (Phi) is 3.13. The van der Waals surface area contributed by atoms with Crippen LogP contribution in [-0.2, 0) is 7.05 Å². The zero-order valence-corrected chi connectivity index (χ0v) is 10.7. The summed E-state index contributed by atoms with van der Waals surface area (Å²) in [5.74, 6) is 0.147. The first-order valence-electron chi connectivity index (χ1n) is 6.30. The minimum Gasteiger partial charge on any atom is -0.313 e. The lowest BCUT2D eigenvalue weighted by Crippen LogP contribution is -2.20. The Morgan fingerprint density at radius 1 is 1.37 bits per heavy atom. The molecule has 0 aliphatic carbocycles. The first kappa shape index (κ1) is 12.0. The Labute approximate surface area is 111 Å². The highest BCUT2D eigenvalue weighted by Crippen LogP contribution is 2.25. The van der Waals surface area contributed by atoms with Gasteiger partial charge in [-0.2, -0.15) is 5.10 Å². The lowest BCUT2D eigenvalue weighted by molar-refractivity contribution is 0.628. The highest BCUT2D eigenvalue weighted by Gasteiger charge is 2.12. The molecule has 19 heavy (non-hydrogen) atoms. The van der Waals surface area contributed by atoms with E-state index in [-0.39, 0.29) is 5.82 Å². The first-order valence-corrected chi connectivity index (χ1v) is 6.30. The molecule has 1 aliphatic rings. The smallest absolute Gasteiger partial charge is 0.184 e. The zero-order chi connectivity index (χ0) is 13.2. The molecule has 5 heteroatoms. The van der Waals surface area contributed by atoms with Crippen molar-refractivity contribution in [3.8, 4) is 11.4 Å². The van der Waals surface area contributed by atoms with Gasteiger partial charge in [0.25, 0.3) is 0 Å². The molecule has 0 fully saturated rings. The normalized spacial score (nSPS) is 15.4. The number of hydrogen-bond acceptors (Lipinski definition) is 3. The van der Waals surface area contributed by atoms with Gasteiger partial charge in [0, 0.05) is 13.6 Å². The molecule has 1 N–H and O–H groups in total. The minimum absolute atomic E-state index is 0.275. The molecule has 1 aliphatic heterocycles. The van der Waals surface area contributed by atoms with Crippen LogP contribution in [0, 0.1) is 5.82 Å². The number of aromatic nitrogens is 3. The second-order valence-corrected chi connectivity index (χ2v) is 4.62. The van der Waals surface area contributed by atoms with Crippen LogP contribution >= 0.6 is 0 Å². The van der Waals surface area contributed by atoms with Crippen molar-refractivity contribution in [2.75, 3.05) is 13.1 Å². The van der Waals surface area contributed by atoms with Crippen molar-refractivity contribution in [2.45, 2.75) is 6.42 Å². The number of rotatable bonds is 2. The van der Waals surface area contributed by atoms with E-state index >= 15 is 0 Å². The third kappa shape index (κ3) is 2.42. The molecular formula is C14H15FN4. The second-order valence-electron chi connectivity index (χ2n) is 4.62. The molecule has 1 aromatic carbocycles. The minimum atomic E-state index is -0.275. The number of benzene rings is 1. The SMILES string of the molecule is Cn1cnc(-c2ccc(C3=CCNCC3)cc2F)n1. The van der Waals surface area contributed by atoms with Gasteiger partial charge < -0.3 is 5.32 Å². The van der Waals surface area contributed by atoms with Gasteiger partial charge in [0.15, 0.2) is 5.82 Å². The van der Waals surface area contributed by atoms with Crippen LogP contribution in [0.4, 0.5) is 4.39 Å². The summed E-state index contributed by atoms with van der Waals surface area (Å²) < 4.78 is 15.7. The summed E-state index contributed by atoms with van der Waals surface area (Å²) in [6.07, 6.45) is 4.61. The van der Waals surface area contributed by atoms with Crippen LogP contribution in [0.25, 0.3) is 17.0 Å². The molecule has 0 unspecified atom stereocenters. The summed E-state index contributed by atoms with van der Waals surface area (Å²) >= 11 is 0. The predicted octanol–water partition coefficient (Wildman–Crippen LogP) is 2.00. The van der Waals surface area contributed by atoms with E-state index in [0.29, 0.717) is 11.4 Å². The van der Waals surface area contributed by atoms with Crippen LogP contribution in [0.5, 0.6) is 0 Å². The standard InChI is InChI=1S/C14H15FN4/c1-19-9-17-14(18-19)12-3-2-11(8-13(12)15)10-4-6-16-7-5-10/h2-4,8-9,16H,5-7H2,1H3. The van der Waals surface area contributed by atoms with Crippen molar-refractivity contribution in [1.82, 2.24) is 20.1 Å². The van der Waals surface area contributed by atoms with Gasteiger partial charge in [-0.05, 0) is 36.2 Å². The fourth-order valence-corrected chi connectivity index (χ4v) is 2.24. The molecule has 0 bridgehead atoms. The van der Waals surface area contributed by atoms with Crippen molar-refractivity contribution in [1.29, 1.82) is 0 Å². The van der Waals surface area contributed by atoms with E-state index in [9.17, 15) is 4.39 Å². The lowest BCUT2D eigenvalue weighted by atomic mass is 9.98. The molecule has 0 saturated carbocycles. The highest BCUT2D eigenvalue weighted by atomic mass is 19.1. The maximum atomic E-state index is 14.2. The second kappa shape index (κ2) is 4.93. The fraction of sp³-hybridized carbons (Fsp3) is 0.286. The average Bonchev–Trinajstić information content (AvgIpc) is 2.86.